The fourth-order valence-corrected chi connectivity index (χ4v) is 6.33. The van der Waals surface area contributed by atoms with E-state index >= 15 is 0 Å². The van der Waals surface area contributed by atoms with Gasteiger partial charge in [0.1, 0.15) is 4.90 Å². The molecule has 9 heteroatoms. The maximum absolute atomic E-state index is 13.1. The van der Waals surface area contributed by atoms with Crippen molar-refractivity contribution in [2.24, 2.45) is 0 Å². The zero-order valence-corrected chi connectivity index (χ0v) is 22.1. The molecule has 190 valence electrons. The molecule has 0 bridgehead atoms. The van der Waals surface area contributed by atoms with E-state index in [0.717, 1.165) is 48.1 Å². The second kappa shape index (κ2) is 12.0. The number of aryl methyl sites for hydroxylation is 3. The van der Waals surface area contributed by atoms with E-state index in [1.54, 1.807) is 0 Å². The molecule has 2 aromatic rings. The molecule has 3 rings (SSSR count). The predicted molar refractivity (Wildman–Crippen MR) is 137 cm³/mol. The monoisotopic (exact) mass is 520 g/mol. The summed E-state index contributed by atoms with van der Waals surface area (Å²) in [5.41, 5.74) is 4.04. The predicted octanol–water partition coefficient (Wildman–Crippen LogP) is 5.41. The van der Waals surface area contributed by atoms with Crippen LogP contribution < -0.4 is 5.32 Å². The summed E-state index contributed by atoms with van der Waals surface area (Å²) in [4.78, 5) is 24.8. The van der Waals surface area contributed by atoms with Crippen molar-refractivity contribution in [1.29, 1.82) is 0 Å². The minimum atomic E-state index is -3.81. The number of benzene rings is 2. The van der Waals surface area contributed by atoms with Crippen LogP contribution in [0.15, 0.2) is 35.2 Å². The van der Waals surface area contributed by atoms with Gasteiger partial charge in [-0.25, -0.2) is 13.2 Å². The molecule has 0 spiro atoms. The molecular weight excluding hydrogens is 488 g/mol. The number of hydrogen-bond acceptors (Lipinski definition) is 5. The van der Waals surface area contributed by atoms with Crippen LogP contribution in [0.4, 0.5) is 5.69 Å². The third-order valence-corrected chi connectivity index (χ3v) is 8.45. The van der Waals surface area contributed by atoms with Gasteiger partial charge in [-0.15, -0.1) is 0 Å². The van der Waals surface area contributed by atoms with Gasteiger partial charge in [0.05, 0.1) is 17.2 Å². The van der Waals surface area contributed by atoms with Gasteiger partial charge in [0.15, 0.2) is 0 Å². The van der Waals surface area contributed by atoms with Crippen LogP contribution in [-0.4, -0.2) is 44.3 Å². The highest BCUT2D eigenvalue weighted by atomic mass is 35.5. The van der Waals surface area contributed by atoms with Crippen molar-refractivity contribution >= 4 is 39.2 Å². The topological polar surface area (TPSA) is 92.8 Å². The highest BCUT2D eigenvalue weighted by Crippen LogP contribution is 2.28. The van der Waals surface area contributed by atoms with E-state index in [0.29, 0.717) is 19.5 Å². The maximum Gasteiger partial charge on any atom is 0.338 e. The van der Waals surface area contributed by atoms with Crippen molar-refractivity contribution in [3.05, 3.63) is 57.6 Å². The summed E-state index contributed by atoms with van der Waals surface area (Å²) < 4.78 is 33.0. The molecule has 0 aliphatic carbocycles. The summed E-state index contributed by atoms with van der Waals surface area (Å²) in [6, 6.07) is 8.15. The lowest BCUT2D eigenvalue weighted by Crippen LogP contribution is -2.32. The number of halogens is 1. The SMILES string of the molecule is Cc1cc(C)c(NC(=O)CCCOC(=O)c2ccc(Cl)c(S(=O)(=O)N3CCCCCC3)c2)c(C)c1. The zero-order chi connectivity index (χ0) is 25.6. The fourth-order valence-electron chi connectivity index (χ4n) is 4.31. The van der Waals surface area contributed by atoms with E-state index < -0.39 is 16.0 Å². The molecule has 1 N–H and O–H groups in total. The van der Waals surface area contributed by atoms with E-state index in [1.807, 2.05) is 32.9 Å². The molecule has 1 fully saturated rings. The number of hydrogen-bond donors (Lipinski definition) is 1. The van der Waals surface area contributed by atoms with Gasteiger partial charge >= 0.3 is 5.97 Å². The first-order valence-electron chi connectivity index (χ1n) is 11.9. The standard InChI is InChI=1S/C26H33ClN2O5S/c1-18-15-19(2)25(20(3)16-18)28-24(30)9-8-14-34-26(31)21-10-11-22(27)23(17-21)35(32,33)29-12-6-4-5-7-13-29/h10-11,15-17H,4-9,12-14H2,1-3H3,(H,28,30). The molecule has 0 unspecified atom stereocenters. The smallest absolute Gasteiger partial charge is 0.338 e. The van der Waals surface area contributed by atoms with Crippen LogP contribution in [0.3, 0.4) is 0 Å². The Labute approximate surface area is 212 Å². The molecule has 0 saturated carbocycles. The summed E-state index contributed by atoms with van der Waals surface area (Å²) >= 11 is 6.20. The Morgan fingerprint density at radius 2 is 1.63 bits per heavy atom. The Balaban J connectivity index is 1.56. The Kier molecular flexibility index (Phi) is 9.33. The molecule has 0 atom stereocenters. The first kappa shape index (κ1) is 27.2. The first-order chi connectivity index (χ1) is 16.6. The number of ether oxygens (including phenoxy) is 1. The lowest BCUT2D eigenvalue weighted by molar-refractivity contribution is -0.116. The van der Waals surface area contributed by atoms with Gasteiger partial charge in [-0.05, 0) is 69.4 Å². The van der Waals surface area contributed by atoms with Gasteiger partial charge in [0.25, 0.3) is 0 Å². The van der Waals surface area contributed by atoms with Gasteiger partial charge in [0.2, 0.25) is 15.9 Å². The summed E-state index contributed by atoms with van der Waals surface area (Å²) in [6.07, 6.45) is 4.12. The Morgan fingerprint density at radius 3 is 2.26 bits per heavy atom. The van der Waals surface area contributed by atoms with Crippen LogP contribution in [0.25, 0.3) is 0 Å². The van der Waals surface area contributed by atoms with Crippen LogP contribution in [0.1, 0.15) is 65.6 Å². The molecule has 0 radical (unpaired) electrons. The van der Waals surface area contributed by atoms with Crippen molar-refractivity contribution in [1.82, 2.24) is 4.31 Å². The lowest BCUT2D eigenvalue weighted by atomic mass is 10.0. The van der Waals surface area contributed by atoms with Crippen molar-refractivity contribution in [3.63, 3.8) is 0 Å². The van der Waals surface area contributed by atoms with Gasteiger partial charge in [-0.2, -0.15) is 4.31 Å². The third-order valence-electron chi connectivity index (χ3n) is 6.07. The van der Waals surface area contributed by atoms with E-state index in [2.05, 4.69) is 5.32 Å². The highest BCUT2D eigenvalue weighted by molar-refractivity contribution is 7.89. The van der Waals surface area contributed by atoms with Crippen molar-refractivity contribution in [2.45, 2.75) is 64.2 Å². The van der Waals surface area contributed by atoms with E-state index in [1.165, 1.54) is 22.5 Å². The number of carbonyl (C=O) groups excluding carboxylic acids is 2. The number of anilines is 1. The number of carbonyl (C=O) groups is 2. The quantitative estimate of drug-likeness (QED) is 0.371. The lowest BCUT2D eigenvalue weighted by Gasteiger charge is -2.21. The van der Waals surface area contributed by atoms with Crippen LogP contribution in [0, 0.1) is 20.8 Å². The van der Waals surface area contributed by atoms with Crippen LogP contribution in [-0.2, 0) is 19.6 Å². The number of amides is 1. The van der Waals surface area contributed by atoms with E-state index in [4.69, 9.17) is 16.3 Å². The largest absolute Gasteiger partial charge is 0.462 e. The van der Waals surface area contributed by atoms with Gasteiger partial charge in [0, 0.05) is 25.2 Å². The van der Waals surface area contributed by atoms with Gasteiger partial charge in [-0.1, -0.05) is 42.1 Å². The third kappa shape index (κ3) is 7.06. The molecule has 2 aromatic carbocycles. The van der Waals surface area contributed by atoms with E-state index in [9.17, 15) is 18.0 Å². The second-order valence-electron chi connectivity index (χ2n) is 9.02. The number of nitrogens with zero attached hydrogens (tertiary/aromatic N) is 1. The fraction of sp³-hybridized carbons (Fsp3) is 0.462. The Hall–Kier alpha value is -2.42. The Bertz CT molecular complexity index is 1170. The average molecular weight is 521 g/mol. The highest BCUT2D eigenvalue weighted by Gasteiger charge is 2.28. The zero-order valence-electron chi connectivity index (χ0n) is 20.5. The molecule has 1 amide bonds. The second-order valence-corrected chi connectivity index (χ2v) is 11.3. The summed E-state index contributed by atoms with van der Waals surface area (Å²) in [6.45, 7) is 6.83. The van der Waals surface area contributed by atoms with Gasteiger partial charge < -0.3 is 10.1 Å². The molecule has 1 aliphatic rings. The molecule has 7 nitrogen and oxygen atoms in total. The number of nitrogens with one attached hydrogen (secondary N) is 1. The summed E-state index contributed by atoms with van der Waals surface area (Å²) in [7, 11) is -3.81. The molecule has 1 saturated heterocycles. The molecule has 0 aromatic heterocycles. The molecule has 35 heavy (non-hydrogen) atoms. The van der Waals surface area contributed by atoms with Crippen LogP contribution in [0.5, 0.6) is 0 Å². The van der Waals surface area contributed by atoms with Crippen molar-refractivity contribution in [3.8, 4) is 0 Å². The summed E-state index contributed by atoms with van der Waals surface area (Å²) in [5.74, 6) is -0.812. The minimum absolute atomic E-state index is 0.0367. The summed E-state index contributed by atoms with van der Waals surface area (Å²) in [5, 5.41) is 3.00. The average Bonchev–Trinajstić information content (AvgIpc) is 3.09. The normalized spacial score (nSPS) is 14.9. The van der Waals surface area contributed by atoms with Crippen LogP contribution >= 0.6 is 11.6 Å². The van der Waals surface area contributed by atoms with E-state index in [-0.39, 0.29) is 34.4 Å². The number of esters is 1. The minimum Gasteiger partial charge on any atom is -0.462 e. The van der Waals surface area contributed by atoms with Crippen LogP contribution in [0.2, 0.25) is 5.02 Å². The van der Waals surface area contributed by atoms with Crippen molar-refractivity contribution in [2.75, 3.05) is 25.0 Å². The maximum atomic E-state index is 13.1. The molecule has 1 aliphatic heterocycles. The number of rotatable bonds is 8. The molecular formula is C26H33ClN2O5S. The van der Waals surface area contributed by atoms with Crippen molar-refractivity contribution < 1.29 is 22.7 Å². The number of sulfonamides is 1. The first-order valence-corrected chi connectivity index (χ1v) is 13.8. The Morgan fingerprint density at radius 1 is 1.00 bits per heavy atom. The van der Waals surface area contributed by atoms with Gasteiger partial charge in [-0.3, -0.25) is 4.79 Å². The molecule has 1 heterocycles.